The SMILES string of the molecule is Cc1ccc(-c2nn(-c3ccccc3)cc2C(=O)NCCCCC(=O)O)o1. The Kier molecular flexibility index (Phi) is 5.71. The molecular formula is C20H21N3O4. The van der Waals surface area contributed by atoms with E-state index in [1.807, 2.05) is 43.3 Å². The van der Waals surface area contributed by atoms with Crippen LogP contribution in [0.3, 0.4) is 0 Å². The first-order valence-electron chi connectivity index (χ1n) is 8.76. The summed E-state index contributed by atoms with van der Waals surface area (Å²) in [5, 5.41) is 16.0. The van der Waals surface area contributed by atoms with Crippen molar-refractivity contribution in [3.8, 4) is 17.1 Å². The van der Waals surface area contributed by atoms with E-state index in [1.54, 1.807) is 16.9 Å². The molecule has 0 aliphatic heterocycles. The van der Waals surface area contributed by atoms with Gasteiger partial charge >= 0.3 is 5.97 Å². The Labute approximate surface area is 156 Å². The number of hydrogen-bond donors (Lipinski definition) is 2. The predicted octanol–water partition coefficient (Wildman–Crippen LogP) is 3.43. The van der Waals surface area contributed by atoms with Crippen LogP contribution < -0.4 is 5.32 Å². The third-order valence-corrected chi connectivity index (χ3v) is 4.06. The quantitative estimate of drug-likeness (QED) is 0.595. The predicted molar refractivity (Wildman–Crippen MR) is 99.8 cm³/mol. The number of nitrogens with one attached hydrogen (secondary N) is 1. The van der Waals surface area contributed by atoms with E-state index < -0.39 is 5.97 Å². The number of aromatic nitrogens is 2. The Morgan fingerprint density at radius 2 is 1.93 bits per heavy atom. The number of carboxylic acids is 1. The monoisotopic (exact) mass is 367 g/mol. The summed E-state index contributed by atoms with van der Waals surface area (Å²) in [5.74, 6) is 0.162. The maximum absolute atomic E-state index is 12.7. The topological polar surface area (TPSA) is 97.4 Å². The number of aliphatic carboxylic acids is 1. The molecule has 0 bridgehead atoms. The number of benzene rings is 1. The van der Waals surface area contributed by atoms with Gasteiger partial charge in [-0.15, -0.1) is 0 Å². The molecule has 7 heteroatoms. The smallest absolute Gasteiger partial charge is 0.303 e. The zero-order valence-electron chi connectivity index (χ0n) is 15.0. The average molecular weight is 367 g/mol. The second-order valence-electron chi connectivity index (χ2n) is 6.19. The zero-order chi connectivity index (χ0) is 19.2. The molecule has 3 aromatic rings. The molecule has 0 radical (unpaired) electrons. The lowest BCUT2D eigenvalue weighted by atomic mass is 10.2. The third kappa shape index (κ3) is 4.63. The number of amides is 1. The summed E-state index contributed by atoms with van der Waals surface area (Å²) in [6.07, 6.45) is 2.89. The van der Waals surface area contributed by atoms with Crippen LogP contribution in [0, 0.1) is 6.92 Å². The highest BCUT2D eigenvalue weighted by molar-refractivity contribution is 5.99. The Morgan fingerprint density at radius 3 is 2.59 bits per heavy atom. The highest BCUT2D eigenvalue weighted by Crippen LogP contribution is 2.25. The average Bonchev–Trinajstić information content (AvgIpc) is 3.28. The Balaban J connectivity index is 1.81. The molecule has 0 saturated heterocycles. The van der Waals surface area contributed by atoms with Crippen LogP contribution in [0.5, 0.6) is 0 Å². The van der Waals surface area contributed by atoms with Crippen molar-refractivity contribution < 1.29 is 19.1 Å². The largest absolute Gasteiger partial charge is 0.481 e. The maximum Gasteiger partial charge on any atom is 0.303 e. The van der Waals surface area contributed by atoms with E-state index in [9.17, 15) is 9.59 Å². The molecule has 140 valence electrons. The Morgan fingerprint density at radius 1 is 1.15 bits per heavy atom. The summed E-state index contributed by atoms with van der Waals surface area (Å²) in [6.45, 7) is 2.24. The van der Waals surface area contributed by atoms with Gasteiger partial charge in [0.25, 0.3) is 5.91 Å². The summed E-state index contributed by atoms with van der Waals surface area (Å²) < 4.78 is 7.30. The van der Waals surface area contributed by atoms with Gasteiger partial charge in [-0.3, -0.25) is 9.59 Å². The number of carbonyl (C=O) groups is 2. The number of furan rings is 1. The van der Waals surface area contributed by atoms with Gasteiger partial charge in [0.2, 0.25) is 0 Å². The van der Waals surface area contributed by atoms with E-state index in [1.165, 1.54) is 0 Å². The fourth-order valence-corrected chi connectivity index (χ4v) is 2.70. The van der Waals surface area contributed by atoms with E-state index in [-0.39, 0.29) is 12.3 Å². The molecule has 0 aliphatic carbocycles. The molecule has 0 unspecified atom stereocenters. The fraction of sp³-hybridized carbons (Fsp3) is 0.250. The second-order valence-corrected chi connectivity index (χ2v) is 6.19. The summed E-state index contributed by atoms with van der Waals surface area (Å²) in [4.78, 5) is 23.2. The van der Waals surface area contributed by atoms with E-state index in [2.05, 4.69) is 10.4 Å². The van der Waals surface area contributed by atoms with Crippen LogP contribution in [-0.2, 0) is 4.79 Å². The lowest BCUT2D eigenvalue weighted by Crippen LogP contribution is -2.24. The molecule has 0 spiro atoms. The first-order chi connectivity index (χ1) is 13.0. The van der Waals surface area contributed by atoms with Gasteiger partial charge in [0.1, 0.15) is 11.5 Å². The first kappa shape index (κ1) is 18.4. The van der Waals surface area contributed by atoms with Gasteiger partial charge in [-0.25, -0.2) is 4.68 Å². The first-order valence-corrected chi connectivity index (χ1v) is 8.76. The van der Waals surface area contributed by atoms with E-state index >= 15 is 0 Å². The van der Waals surface area contributed by atoms with Crippen molar-refractivity contribution in [2.45, 2.75) is 26.2 Å². The molecule has 2 N–H and O–H groups in total. The minimum atomic E-state index is -0.832. The number of aryl methyl sites for hydroxylation is 1. The van der Waals surface area contributed by atoms with Crippen molar-refractivity contribution in [3.63, 3.8) is 0 Å². The van der Waals surface area contributed by atoms with Gasteiger partial charge in [0, 0.05) is 19.2 Å². The molecule has 27 heavy (non-hydrogen) atoms. The number of para-hydroxylation sites is 1. The van der Waals surface area contributed by atoms with Gasteiger partial charge < -0.3 is 14.8 Å². The normalized spacial score (nSPS) is 10.7. The van der Waals surface area contributed by atoms with Crippen molar-refractivity contribution in [1.82, 2.24) is 15.1 Å². The van der Waals surface area contributed by atoms with Crippen molar-refractivity contribution in [2.75, 3.05) is 6.54 Å². The van der Waals surface area contributed by atoms with Crippen LogP contribution in [-0.4, -0.2) is 33.3 Å². The Hall–Kier alpha value is -3.35. The van der Waals surface area contributed by atoms with Crippen molar-refractivity contribution in [3.05, 3.63) is 60.0 Å². The molecule has 1 amide bonds. The molecule has 2 heterocycles. The number of carbonyl (C=O) groups excluding carboxylic acids is 1. The van der Waals surface area contributed by atoms with E-state index in [0.717, 1.165) is 11.4 Å². The molecule has 3 rings (SSSR count). The zero-order valence-corrected chi connectivity index (χ0v) is 15.0. The van der Waals surface area contributed by atoms with Gasteiger partial charge in [-0.05, 0) is 44.0 Å². The Bertz CT molecular complexity index is 928. The second kappa shape index (κ2) is 8.35. The molecule has 0 fully saturated rings. The van der Waals surface area contributed by atoms with Gasteiger partial charge in [-0.1, -0.05) is 18.2 Å². The van der Waals surface area contributed by atoms with E-state index in [4.69, 9.17) is 9.52 Å². The minimum Gasteiger partial charge on any atom is -0.481 e. The third-order valence-electron chi connectivity index (χ3n) is 4.06. The molecule has 0 saturated carbocycles. The summed E-state index contributed by atoms with van der Waals surface area (Å²) in [6, 6.07) is 13.1. The molecule has 2 aromatic heterocycles. The number of hydrogen-bond acceptors (Lipinski definition) is 4. The maximum atomic E-state index is 12.7. The minimum absolute atomic E-state index is 0.0960. The number of carboxylic acid groups (broad SMARTS) is 1. The number of rotatable bonds is 8. The van der Waals surface area contributed by atoms with Crippen LogP contribution >= 0.6 is 0 Å². The molecule has 0 aliphatic rings. The van der Waals surface area contributed by atoms with Crippen LogP contribution in [0.25, 0.3) is 17.1 Å². The molecule has 7 nitrogen and oxygen atoms in total. The lowest BCUT2D eigenvalue weighted by molar-refractivity contribution is -0.137. The van der Waals surface area contributed by atoms with Crippen LogP contribution in [0.15, 0.2) is 53.1 Å². The van der Waals surface area contributed by atoms with Gasteiger partial charge in [0.05, 0.1) is 11.3 Å². The number of nitrogens with zero attached hydrogens (tertiary/aromatic N) is 2. The highest BCUT2D eigenvalue weighted by atomic mass is 16.4. The highest BCUT2D eigenvalue weighted by Gasteiger charge is 2.20. The molecule has 0 atom stereocenters. The van der Waals surface area contributed by atoms with Gasteiger partial charge in [0.15, 0.2) is 5.76 Å². The van der Waals surface area contributed by atoms with Crippen molar-refractivity contribution in [1.29, 1.82) is 0 Å². The lowest BCUT2D eigenvalue weighted by Gasteiger charge is -2.04. The fourth-order valence-electron chi connectivity index (χ4n) is 2.70. The van der Waals surface area contributed by atoms with Crippen molar-refractivity contribution >= 4 is 11.9 Å². The van der Waals surface area contributed by atoms with Crippen LogP contribution in [0.4, 0.5) is 0 Å². The van der Waals surface area contributed by atoms with Crippen molar-refractivity contribution in [2.24, 2.45) is 0 Å². The van der Waals surface area contributed by atoms with Gasteiger partial charge in [-0.2, -0.15) is 5.10 Å². The molecular weight excluding hydrogens is 346 g/mol. The number of unbranched alkanes of at least 4 members (excludes halogenated alkanes) is 1. The van der Waals surface area contributed by atoms with Crippen LogP contribution in [0.2, 0.25) is 0 Å². The summed E-state index contributed by atoms with van der Waals surface area (Å²) in [5.41, 5.74) is 1.71. The standard InChI is InChI=1S/C20H21N3O4/c1-14-10-11-17(27-14)19-16(20(26)21-12-6-5-9-18(24)25)13-23(22-19)15-7-3-2-4-8-15/h2-4,7-8,10-11,13H,5-6,9,12H2,1H3,(H,21,26)(H,24,25). The molecule has 1 aromatic carbocycles. The summed E-state index contributed by atoms with van der Waals surface area (Å²) in [7, 11) is 0. The van der Waals surface area contributed by atoms with E-state index in [0.29, 0.717) is 36.4 Å². The summed E-state index contributed by atoms with van der Waals surface area (Å²) >= 11 is 0. The van der Waals surface area contributed by atoms with Crippen LogP contribution in [0.1, 0.15) is 35.4 Å².